The molecule has 0 saturated carbocycles. The minimum atomic E-state index is -5.00. The van der Waals surface area contributed by atoms with Crippen molar-refractivity contribution in [2.75, 3.05) is 0 Å². The van der Waals surface area contributed by atoms with Gasteiger partial charge in [-0.05, 0) is 17.7 Å². The van der Waals surface area contributed by atoms with Gasteiger partial charge in [-0.15, -0.1) is 5.46 Å². The van der Waals surface area contributed by atoms with Crippen molar-refractivity contribution >= 4 is 12.4 Å². The Morgan fingerprint density at radius 1 is 0.842 bits per heavy atom. The van der Waals surface area contributed by atoms with Crippen LogP contribution in [0, 0.1) is 0 Å². The van der Waals surface area contributed by atoms with Gasteiger partial charge in [-0.1, -0.05) is 42.5 Å². The molecule has 0 bridgehead atoms. The van der Waals surface area contributed by atoms with E-state index >= 15 is 0 Å². The van der Waals surface area contributed by atoms with Crippen LogP contribution < -0.4 is 61.6 Å². The monoisotopic (exact) mass is 290 g/mol. The van der Waals surface area contributed by atoms with E-state index in [0.717, 1.165) is 6.07 Å². The molecule has 0 N–H and O–H groups in total. The second-order valence-electron chi connectivity index (χ2n) is 3.88. The molecule has 0 saturated heterocycles. The molecule has 0 radical (unpaired) electrons. The van der Waals surface area contributed by atoms with Gasteiger partial charge >= 0.3 is 58.4 Å². The molecule has 0 atom stereocenters. The molecule has 0 fully saturated rings. The first-order valence-electron chi connectivity index (χ1n) is 5.53. The normalized spacial score (nSPS) is 10.7. The zero-order valence-corrected chi connectivity index (χ0v) is 13.6. The molecule has 0 aliphatic carbocycles. The number of para-hydroxylation sites is 1. The van der Waals surface area contributed by atoms with Gasteiger partial charge in [0.2, 0.25) is 0 Å². The molecule has 0 unspecified atom stereocenters. The van der Waals surface area contributed by atoms with Gasteiger partial charge in [-0.3, -0.25) is 0 Å². The fourth-order valence-electron chi connectivity index (χ4n) is 1.66. The maximum absolute atomic E-state index is 12.8. The van der Waals surface area contributed by atoms with E-state index in [0.29, 0.717) is 5.75 Å². The van der Waals surface area contributed by atoms with Crippen molar-refractivity contribution in [3.8, 4) is 5.75 Å². The van der Waals surface area contributed by atoms with Gasteiger partial charge in [0.15, 0.2) is 0 Å². The summed E-state index contributed by atoms with van der Waals surface area (Å²) in [6.07, 6.45) is 0. The van der Waals surface area contributed by atoms with Crippen LogP contribution in [-0.4, -0.2) is 6.98 Å². The molecule has 6 heteroatoms. The largest absolute Gasteiger partial charge is 1.00 e. The van der Waals surface area contributed by atoms with E-state index in [9.17, 15) is 12.9 Å². The minimum absolute atomic E-state index is 0. The predicted octanol–water partition coefficient (Wildman–Crippen LogP) is 0.324. The number of hydrogen-bond acceptors (Lipinski definition) is 1. The summed E-state index contributed by atoms with van der Waals surface area (Å²) in [4.78, 5) is 0. The molecule has 2 rings (SSSR count). The molecule has 2 aromatic carbocycles. The third-order valence-electron chi connectivity index (χ3n) is 2.55. The zero-order valence-electron chi connectivity index (χ0n) is 10.5. The van der Waals surface area contributed by atoms with Crippen molar-refractivity contribution in [3.05, 3.63) is 60.2 Å². The SMILES string of the molecule is F[B-](F)(F)c1ccccc1COc1ccccc1.[K+]. The quantitative estimate of drug-likeness (QED) is 0.737. The maximum atomic E-state index is 12.8. The molecule has 19 heavy (non-hydrogen) atoms. The number of benzene rings is 2. The second kappa shape index (κ2) is 7.50. The third kappa shape index (κ3) is 4.96. The van der Waals surface area contributed by atoms with Crippen LogP contribution in [0.3, 0.4) is 0 Å². The zero-order chi connectivity index (χ0) is 13.0. The van der Waals surface area contributed by atoms with Gasteiger partial charge in [-0.2, -0.15) is 0 Å². The van der Waals surface area contributed by atoms with Crippen molar-refractivity contribution < 1.29 is 69.1 Å². The first-order chi connectivity index (χ1) is 8.57. The van der Waals surface area contributed by atoms with E-state index in [1.807, 2.05) is 6.07 Å². The molecule has 0 spiro atoms. The average Bonchev–Trinajstić information content (AvgIpc) is 2.37. The Labute approximate surface area is 152 Å². The van der Waals surface area contributed by atoms with Gasteiger partial charge in [0, 0.05) is 0 Å². The number of rotatable bonds is 4. The number of ether oxygens (including phenoxy) is 1. The second-order valence-corrected chi connectivity index (χ2v) is 3.88. The van der Waals surface area contributed by atoms with Crippen molar-refractivity contribution in [3.63, 3.8) is 0 Å². The van der Waals surface area contributed by atoms with E-state index in [4.69, 9.17) is 4.74 Å². The summed E-state index contributed by atoms with van der Waals surface area (Å²) in [5.41, 5.74) is -0.428. The van der Waals surface area contributed by atoms with Crippen LogP contribution in [0.15, 0.2) is 54.6 Å². The number of hydrogen-bond donors (Lipinski definition) is 0. The molecule has 94 valence electrons. The summed E-state index contributed by atoms with van der Waals surface area (Å²) in [5.74, 6) is 0.557. The Kier molecular flexibility index (Phi) is 6.62. The summed E-state index contributed by atoms with van der Waals surface area (Å²) in [6, 6.07) is 14.3. The van der Waals surface area contributed by atoms with Crippen molar-refractivity contribution in [1.82, 2.24) is 0 Å². The van der Waals surface area contributed by atoms with Crippen LogP contribution in [0.25, 0.3) is 0 Å². The fourth-order valence-corrected chi connectivity index (χ4v) is 1.66. The molecular formula is C13H11BF3KO. The van der Waals surface area contributed by atoms with Gasteiger partial charge in [0.05, 0.1) is 0 Å². The van der Waals surface area contributed by atoms with Crippen LogP contribution >= 0.6 is 0 Å². The van der Waals surface area contributed by atoms with E-state index in [1.54, 1.807) is 30.3 Å². The van der Waals surface area contributed by atoms with Crippen LogP contribution in [0.1, 0.15) is 5.56 Å². The molecule has 0 aromatic heterocycles. The van der Waals surface area contributed by atoms with E-state index < -0.39 is 12.4 Å². The maximum Gasteiger partial charge on any atom is 1.00 e. The molecule has 0 amide bonds. The Hall–Kier alpha value is -0.269. The van der Waals surface area contributed by atoms with Gasteiger partial charge < -0.3 is 17.7 Å². The molecule has 2 aromatic rings. The molecule has 0 aliphatic heterocycles. The topological polar surface area (TPSA) is 9.23 Å². The Morgan fingerprint density at radius 2 is 1.42 bits per heavy atom. The first-order valence-corrected chi connectivity index (χ1v) is 5.53. The van der Waals surface area contributed by atoms with Gasteiger partial charge in [0.1, 0.15) is 12.4 Å². The average molecular weight is 290 g/mol. The fraction of sp³-hybridized carbons (Fsp3) is 0.0769. The molecule has 1 nitrogen and oxygen atoms in total. The van der Waals surface area contributed by atoms with E-state index in [1.165, 1.54) is 12.1 Å². The Morgan fingerprint density at radius 3 is 2.05 bits per heavy atom. The summed E-state index contributed by atoms with van der Waals surface area (Å²) >= 11 is 0. The van der Waals surface area contributed by atoms with Crippen molar-refractivity contribution in [2.24, 2.45) is 0 Å². The summed E-state index contributed by atoms with van der Waals surface area (Å²) in [6.45, 7) is -5.08. The van der Waals surface area contributed by atoms with E-state index in [2.05, 4.69) is 0 Å². The van der Waals surface area contributed by atoms with Crippen LogP contribution in [-0.2, 0) is 6.61 Å². The van der Waals surface area contributed by atoms with Gasteiger partial charge in [-0.25, -0.2) is 0 Å². The predicted molar refractivity (Wildman–Crippen MR) is 65.9 cm³/mol. The Bertz CT molecular complexity index is 517. The summed E-state index contributed by atoms with van der Waals surface area (Å²) in [7, 11) is 0. The van der Waals surface area contributed by atoms with Crippen molar-refractivity contribution in [2.45, 2.75) is 6.61 Å². The van der Waals surface area contributed by atoms with E-state index in [-0.39, 0.29) is 63.6 Å². The summed E-state index contributed by atoms with van der Waals surface area (Å²) < 4.78 is 43.7. The standard InChI is InChI=1S/C13H11BF3O.K/c15-14(16,17)13-9-5-4-6-11(13)10-18-12-7-2-1-3-8-12;/h1-9H,10H2;/q-1;+1. The summed E-state index contributed by atoms with van der Waals surface area (Å²) in [5, 5.41) is 0. The first kappa shape index (κ1) is 16.8. The molecule has 0 heterocycles. The van der Waals surface area contributed by atoms with Crippen LogP contribution in [0.2, 0.25) is 0 Å². The molecular weight excluding hydrogens is 279 g/mol. The Balaban J connectivity index is 0.00000180. The van der Waals surface area contributed by atoms with Gasteiger partial charge in [0.25, 0.3) is 0 Å². The molecule has 0 aliphatic rings. The number of halogens is 3. The van der Waals surface area contributed by atoms with Crippen LogP contribution in [0.5, 0.6) is 5.75 Å². The third-order valence-corrected chi connectivity index (χ3v) is 2.55. The van der Waals surface area contributed by atoms with Crippen molar-refractivity contribution in [1.29, 1.82) is 0 Å². The minimum Gasteiger partial charge on any atom is -0.489 e. The van der Waals surface area contributed by atoms with Crippen LogP contribution in [0.4, 0.5) is 12.9 Å². The smallest absolute Gasteiger partial charge is 0.489 e.